The monoisotopic (exact) mass is 402 g/mol. The number of carboxylic acid groups (broad SMARTS) is 1. The third kappa shape index (κ3) is 2.32. The molecule has 8 heteroatoms. The predicted octanol–water partition coefficient (Wildman–Crippen LogP) is 2.32. The molecule has 0 bridgehead atoms. The standard InChI is InChI=1S/C20H16ClFN2O4/c21-13-7-23-6-11-16(10-3-9(25)4-14(22)17(10)13)12(19(27)28)8-24-15(26)5-20(1-2-20)18(11)24/h3-4,7,12,18H,1-2,5-6,8H2,(H,27,28)/b17-13-,23-7?. The molecule has 144 valence electrons. The summed E-state index contributed by atoms with van der Waals surface area (Å²) in [4.78, 5) is 42.7. The second-order valence-electron chi connectivity index (χ2n) is 7.96. The lowest BCUT2D eigenvalue weighted by molar-refractivity contribution is -0.142. The molecule has 2 atom stereocenters. The first-order chi connectivity index (χ1) is 13.3. The van der Waals surface area contributed by atoms with Gasteiger partial charge in [0.15, 0.2) is 5.78 Å². The number of allylic oxidation sites excluding steroid dienone is 6. The molecule has 1 saturated carbocycles. The molecule has 1 saturated heterocycles. The van der Waals surface area contributed by atoms with Crippen LogP contribution in [0.4, 0.5) is 4.39 Å². The molecular formula is C20H16ClFN2O4. The molecule has 2 aliphatic carbocycles. The van der Waals surface area contributed by atoms with Crippen LogP contribution in [0.1, 0.15) is 19.3 Å². The van der Waals surface area contributed by atoms with E-state index in [-0.39, 0.29) is 46.6 Å². The van der Waals surface area contributed by atoms with Crippen molar-refractivity contribution in [3.8, 4) is 0 Å². The number of halogens is 2. The molecule has 0 aromatic carbocycles. The maximum atomic E-state index is 14.7. The minimum Gasteiger partial charge on any atom is -0.481 e. The smallest absolute Gasteiger partial charge is 0.312 e. The van der Waals surface area contributed by atoms with Crippen molar-refractivity contribution >= 4 is 35.5 Å². The van der Waals surface area contributed by atoms with Gasteiger partial charge in [-0.15, -0.1) is 0 Å². The molecule has 28 heavy (non-hydrogen) atoms. The lowest BCUT2D eigenvalue weighted by atomic mass is 9.74. The summed E-state index contributed by atoms with van der Waals surface area (Å²) in [7, 11) is 0. The van der Waals surface area contributed by atoms with Gasteiger partial charge in [-0.05, 0) is 35.6 Å². The maximum absolute atomic E-state index is 14.7. The fraction of sp³-hybridized carbons (Fsp3) is 0.400. The first kappa shape index (κ1) is 17.6. The van der Waals surface area contributed by atoms with Crippen LogP contribution in [0, 0.1) is 11.3 Å². The molecule has 5 rings (SSSR count). The number of carbonyl (C=O) groups excluding carboxylic acids is 2. The summed E-state index contributed by atoms with van der Waals surface area (Å²) >= 11 is 6.23. The Balaban J connectivity index is 1.79. The summed E-state index contributed by atoms with van der Waals surface area (Å²) in [5.41, 5.74) is 1.08. The van der Waals surface area contributed by atoms with Crippen LogP contribution in [-0.2, 0) is 14.4 Å². The highest BCUT2D eigenvalue weighted by atomic mass is 35.5. The Bertz CT molecular complexity index is 1020. The van der Waals surface area contributed by atoms with Crippen LogP contribution in [0.15, 0.2) is 50.3 Å². The van der Waals surface area contributed by atoms with E-state index in [1.807, 2.05) is 0 Å². The van der Waals surface area contributed by atoms with Crippen molar-refractivity contribution in [2.24, 2.45) is 16.3 Å². The molecule has 0 radical (unpaired) electrons. The molecule has 3 heterocycles. The Kier molecular flexibility index (Phi) is 3.59. The zero-order chi connectivity index (χ0) is 19.8. The number of carbonyl (C=O) groups is 3. The molecule has 3 aliphatic heterocycles. The van der Waals surface area contributed by atoms with Gasteiger partial charge in [0.05, 0.1) is 23.5 Å². The SMILES string of the molecule is O=C1C=C(F)/C2=C(\Cl)C=NCC3=C(C2=C1)C(C(=O)O)CN1C(=O)CC2(CC2)C31. The van der Waals surface area contributed by atoms with E-state index < -0.39 is 23.5 Å². The van der Waals surface area contributed by atoms with E-state index in [4.69, 9.17) is 11.6 Å². The second-order valence-corrected chi connectivity index (χ2v) is 8.37. The number of aliphatic imine (C=N–C) groups is 1. The molecule has 1 amide bonds. The highest BCUT2D eigenvalue weighted by Crippen LogP contribution is 2.61. The van der Waals surface area contributed by atoms with E-state index in [0.717, 1.165) is 18.9 Å². The Hall–Kier alpha value is -2.54. The topological polar surface area (TPSA) is 87.0 Å². The molecule has 1 N–H and O–H groups in total. The van der Waals surface area contributed by atoms with Gasteiger partial charge in [-0.2, -0.15) is 0 Å². The van der Waals surface area contributed by atoms with Crippen molar-refractivity contribution < 1.29 is 23.9 Å². The largest absolute Gasteiger partial charge is 0.481 e. The Morgan fingerprint density at radius 2 is 2.07 bits per heavy atom. The van der Waals surface area contributed by atoms with Crippen LogP contribution in [0.2, 0.25) is 0 Å². The van der Waals surface area contributed by atoms with Gasteiger partial charge in [-0.25, -0.2) is 4.39 Å². The average Bonchev–Trinajstić information content (AvgIpc) is 3.32. The van der Waals surface area contributed by atoms with Gasteiger partial charge >= 0.3 is 5.97 Å². The fourth-order valence-corrected chi connectivity index (χ4v) is 5.33. The van der Waals surface area contributed by atoms with Gasteiger partial charge in [0, 0.05) is 36.2 Å². The first-order valence-corrected chi connectivity index (χ1v) is 9.49. The zero-order valence-electron chi connectivity index (χ0n) is 14.7. The average molecular weight is 403 g/mol. The van der Waals surface area contributed by atoms with Crippen molar-refractivity contribution in [1.82, 2.24) is 4.90 Å². The molecule has 2 unspecified atom stereocenters. The van der Waals surface area contributed by atoms with E-state index in [1.54, 1.807) is 4.90 Å². The van der Waals surface area contributed by atoms with Crippen LogP contribution >= 0.6 is 11.6 Å². The molecule has 2 fully saturated rings. The second kappa shape index (κ2) is 5.73. The number of fused-ring (bicyclic) bond motifs is 5. The zero-order valence-corrected chi connectivity index (χ0v) is 15.5. The summed E-state index contributed by atoms with van der Waals surface area (Å²) in [6.07, 6.45) is 5.57. The predicted molar refractivity (Wildman–Crippen MR) is 98.5 cm³/mol. The van der Waals surface area contributed by atoms with Crippen molar-refractivity contribution in [3.05, 3.63) is 45.3 Å². The first-order valence-electron chi connectivity index (χ1n) is 9.11. The van der Waals surface area contributed by atoms with Gasteiger partial charge in [0.25, 0.3) is 0 Å². The number of nitrogens with zero attached hydrogens (tertiary/aromatic N) is 2. The molecular weight excluding hydrogens is 387 g/mol. The van der Waals surface area contributed by atoms with Gasteiger partial charge in [0.2, 0.25) is 5.91 Å². The highest BCUT2D eigenvalue weighted by molar-refractivity contribution is 6.40. The summed E-state index contributed by atoms with van der Waals surface area (Å²) in [5.74, 6) is -3.61. The van der Waals surface area contributed by atoms with E-state index in [9.17, 15) is 23.9 Å². The molecule has 5 aliphatic rings. The van der Waals surface area contributed by atoms with Crippen LogP contribution in [0.3, 0.4) is 0 Å². The van der Waals surface area contributed by atoms with Crippen molar-refractivity contribution in [1.29, 1.82) is 0 Å². The molecule has 0 aromatic rings. The normalized spacial score (nSPS) is 33.0. The van der Waals surface area contributed by atoms with Crippen molar-refractivity contribution in [3.63, 3.8) is 0 Å². The van der Waals surface area contributed by atoms with Crippen molar-refractivity contribution in [2.45, 2.75) is 25.3 Å². The number of hydrogen-bond donors (Lipinski definition) is 1. The molecule has 1 spiro atoms. The van der Waals surface area contributed by atoms with Gasteiger partial charge < -0.3 is 10.0 Å². The van der Waals surface area contributed by atoms with E-state index >= 15 is 0 Å². The minimum absolute atomic E-state index is 0.00485. The van der Waals surface area contributed by atoms with E-state index in [0.29, 0.717) is 17.6 Å². The Morgan fingerprint density at radius 3 is 2.75 bits per heavy atom. The lowest BCUT2D eigenvalue weighted by Crippen LogP contribution is -2.49. The van der Waals surface area contributed by atoms with Gasteiger partial charge in [-0.3, -0.25) is 19.4 Å². The maximum Gasteiger partial charge on any atom is 0.312 e. The number of ketones is 1. The number of rotatable bonds is 1. The number of hydrogen-bond acceptors (Lipinski definition) is 4. The third-order valence-electron chi connectivity index (χ3n) is 6.37. The van der Waals surface area contributed by atoms with Crippen LogP contribution in [0.25, 0.3) is 0 Å². The summed E-state index contributed by atoms with van der Waals surface area (Å²) in [6, 6.07) is -0.258. The Labute approximate surface area is 164 Å². The number of aliphatic carboxylic acids is 1. The minimum atomic E-state index is -1.13. The summed E-state index contributed by atoms with van der Waals surface area (Å²) in [5, 5.41) is 9.92. The number of amides is 1. The van der Waals surface area contributed by atoms with Crippen LogP contribution < -0.4 is 0 Å². The lowest BCUT2D eigenvalue weighted by Gasteiger charge is -2.41. The van der Waals surface area contributed by atoms with E-state index in [1.165, 1.54) is 12.3 Å². The Morgan fingerprint density at radius 1 is 1.32 bits per heavy atom. The molecule has 0 aromatic heterocycles. The van der Waals surface area contributed by atoms with Gasteiger partial charge in [0.1, 0.15) is 5.83 Å². The number of carboxylic acids is 1. The fourth-order valence-electron chi connectivity index (χ4n) is 5.07. The quantitative estimate of drug-likeness (QED) is 0.729. The highest BCUT2D eigenvalue weighted by Gasteiger charge is 2.62. The summed E-state index contributed by atoms with van der Waals surface area (Å²) in [6.45, 7) is 0.167. The van der Waals surface area contributed by atoms with Crippen LogP contribution in [0.5, 0.6) is 0 Å². The third-order valence-corrected chi connectivity index (χ3v) is 6.66. The van der Waals surface area contributed by atoms with Crippen molar-refractivity contribution in [2.75, 3.05) is 13.1 Å². The van der Waals surface area contributed by atoms with Gasteiger partial charge in [-0.1, -0.05) is 11.6 Å². The van der Waals surface area contributed by atoms with E-state index in [2.05, 4.69) is 4.99 Å². The summed E-state index contributed by atoms with van der Waals surface area (Å²) < 4.78 is 14.7. The van der Waals surface area contributed by atoms with Crippen LogP contribution in [-0.4, -0.2) is 53.0 Å². The molecule has 6 nitrogen and oxygen atoms in total.